The van der Waals surface area contributed by atoms with Crippen LogP contribution in [-0.4, -0.2) is 12.6 Å². The predicted octanol–water partition coefficient (Wildman–Crippen LogP) is 4.03. The number of hydrogen-bond acceptors (Lipinski definition) is 2. The predicted molar refractivity (Wildman–Crippen MR) is 76.7 cm³/mol. The van der Waals surface area contributed by atoms with Crippen molar-refractivity contribution < 1.29 is 13.2 Å². The van der Waals surface area contributed by atoms with Gasteiger partial charge in [0.1, 0.15) is 0 Å². The summed E-state index contributed by atoms with van der Waals surface area (Å²) >= 11 is 0. The molecule has 0 spiro atoms. The monoisotopic (exact) mass is 288 g/mol. The van der Waals surface area contributed by atoms with Gasteiger partial charge in [-0.05, 0) is 37.5 Å². The van der Waals surface area contributed by atoms with Crippen LogP contribution in [0.15, 0.2) is 18.2 Å². The van der Waals surface area contributed by atoms with E-state index >= 15 is 0 Å². The first-order chi connectivity index (χ1) is 9.16. The van der Waals surface area contributed by atoms with Gasteiger partial charge in [0.05, 0.1) is 5.56 Å². The van der Waals surface area contributed by atoms with Gasteiger partial charge in [0.2, 0.25) is 0 Å². The van der Waals surface area contributed by atoms with E-state index in [2.05, 4.69) is 0 Å². The van der Waals surface area contributed by atoms with Gasteiger partial charge >= 0.3 is 6.18 Å². The minimum Gasteiger partial charge on any atom is -0.369 e. The van der Waals surface area contributed by atoms with Gasteiger partial charge in [-0.2, -0.15) is 13.2 Å². The molecule has 2 N–H and O–H groups in total. The molecule has 0 aliphatic heterocycles. The standard InChI is InChI=1S/C15H23F3N2/c1-10(2)9-20(11(3)4)13-6-5-12(8-19)14(7-13)15(16,17)18/h5-7,10-11H,8-9,19H2,1-4H3. The second kappa shape index (κ2) is 6.48. The van der Waals surface area contributed by atoms with Crippen molar-refractivity contribution in [2.24, 2.45) is 11.7 Å². The van der Waals surface area contributed by atoms with Crippen molar-refractivity contribution >= 4 is 5.69 Å². The molecule has 1 aromatic rings. The lowest BCUT2D eigenvalue weighted by Gasteiger charge is -2.31. The van der Waals surface area contributed by atoms with Crippen LogP contribution >= 0.6 is 0 Å². The average molecular weight is 288 g/mol. The minimum absolute atomic E-state index is 0.110. The summed E-state index contributed by atoms with van der Waals surface area (Å²) in [6.45, 7) is 8.67. The zero-order valence-electron chi connectivity index (χ0n) is 12.5. The lowest BCUT2D eigenvalue weighted by atomic mass is 10.0. The molecule has 0 bridgehead atoms. The van der Waals surface area contributed by atoms with Gasteiger partial charge in [-0.15, -0.1) is 0 Å². The third-order valence-corrected chi connectivity index (χ3v) is 3.14. The molecule has 1 rings (SSSR count). The number of benzene rings is 1. The maximum Gasteiger partial charge on any atom is 0.416 e. The quantitative estimate of drug-likeness (QED) is 0.886. The Bertz CT molecular complexity index is 439. The van der Waals surface area contributed by atoms with Crippen molar-refractivity contribution in [3.05, 3.63) is 29.3 Å². The highest BCUT2D eigenvalue weighted by molar-refractivity contribution is 5.52. The first-order valence-corrected chi connectivity index (χ1v) is 6.83. The van der Waals surface area contributed by atoms with Crippen LogP contribution in [0.3, 0.4) is 0 Å². The number of halogens is 3. The lowest BCUT2D eigenvalue weighted by molar-refractivity contribution is -0.138. The Kier molecular flexibility index (Phi) is 5.45. The summed E-state index contributed by atoms with van der Waals surface area (Å²) in [4.78, 5) is 1.99. The molecule has 20 heavy (non-hydrogen) atoms. The maximum atomic E-state index is 13.1. The summed E-state index contributed by atoms with van der Waals surface area (Å²) in [5, 5.41) is 0. The minimum atomic E-state index is -4.37. The van der Waals surface area contributed by atoms with Crippen molar-refractivity contribution in [1.82, 2.24) is 0 Å². The third-order valence-electron chi connectivity index (χ3n) is 3.14. The summed E-state index contributed by atoms with van der Waals surface area (Å²) < 4.78 is 39.2. The second-order valence-electron chi connectivity index (χ2n) is 5.68. The Morgan fingerprint density at radius 3 is 2.15 bits per heavy atom. The van der Waals surface area contributed by atoms with Gasteiger partial charge < -0.3 is 10.6 Å². The first kappa shape index (κ1) is 16.8. The molecule has 2 nitrogen and oxygen atoms in total. The number of rotatable bonds is 5. The fraction of sp³-hybridized carbons (Fsp3) is 0.600. The fourth-order valence-corrected chi connectivity index (χ4v) is 2.19. The van der Waals surface area contributed by atoms with Crippen LogP contribution in [0.4, 0.5) is 18.9 Å². The van der Waals surface area contributed by atoms with E-state index in [-0.39, 0.29) is 18.2 Å². The lowest BCUT2D eigenvalue weighted by Crippen LogP contribution is -2.34. The Hall–Kier alpha value is -1.23. The van der Waals surface area contributed by atoms with E-state index in [9.17, 15) is 13.2 Å². The Morgan fingerprint density at radius 1 is 1.15 bits per heavy atom. The number of hydrogen-bond donors (Lipinski definition) is 1. The molecule has 0 saturated carbocycles. The van der Waals surface area contributed by atoms with Crippen molar-refractivity contribution in [3.63, 3.8) is 0 Å². The van der Waals surface area contributed by atoms with Crippen LogP contribution in [0, 0.1) is 5.92 Å². The van der Waals surface area contributed by atoms with E-state index in [1.807, 2.05) is 32.6 Å². The Balaban J connectivity index is 3.24. The van der Waals surface area contributed by atoms with Crippen molar-refractivity contribution in [2.75, 3.05) is 11.4 Å². The van der Waals surface area contributed by atoms with Gasteiger partial charge in [0.15, 0.2) is 0 Å². The molecular weight excluding hydrogens is 265 g/mol. The van der Waals surface area contributed by atoms with Crippen LogP contribution < -0.4 is 10.6 Å². The van der Waals surface area contributed by atoms with E-state index in [4.69, 9.17) is 5.73 Å². The second-order valence-corrected chi connectivity index (χ2v) is 5.68. The molecule has 0 unspecified atom stereocenters. The largest absolute Gasteiger partial charge is 0.416 e. The number of nitrogens with two attached hydrogens (primary N) is 1. The maximum absolute atomic E-state index is 13.1. The highest BCUT2D eigenvalue weighted by atomic mass is 19.4. The highest BCUT2D eigenvalue weighted by Gasteiger charge is 2.33. The van der Waals surface area contributed by atoms with Crippen LogP contribution in [0.25, 0.3) is 0 Å². The molecule has 0 heterocycles. The van der Waals surface area contributed by atoms with Crippen molar-refractivity contribution in [1.29, 1.82) is 0 Å². The molecule has 0 saturated heterocycles. The molecule has 0 fully saturated rings. The third kappa shape index (κ3) is 4.13. The van der Waals surface area contributed by atoms with Crippen LogP contribution in [0.2, 0.25) is 0 Å². The SMILES string of the molecule is CC(C)CN(c1ccc(CN)c(C(F)(F)F)c1)C(C)C. The van der Waals surface area contributed by atoms with Crippen LogP contribution in [-0.2, 0) is 12.7 Å². The number of nitrogens with zero attached hydrogens (tertiary/aromatic N) is 1. The smallest absolute Gasteiger partial charge is 0.369 e. The fourth-order valence-electron chi connectivity index (χ4n) is 2.19. The number of alkyl halides is 3. The average Bonchev–Trinajstić information content (AvgIpc) is 2.33. The van der Waals surface area contributed by atoms with E-state index in [0.29, 0.717) is 11.6 Å². The molecule has 0 atom stereocenters. The molecule has 0 amide bonds. The molecule has 0 radical (unpaired) electrons. The zero-order valence-corrected chi connectivity index (χ0v) is 12.5. The molecular formula is C15H23F3N2. The van der Waals surface area contributed by atoms with E-state index in [1.165, 1.54) is 12.1 Å². The molecule has 1 aromatic carbocycles. The van der Waals surface area contributed by atoms with Crippen molar-refractivity contribution in [2.45, 2.75) is 46.5 Å². The summed E-state index contributed by atoms with van der Waals surface area (Å²) in [5.74, 6) is 0.376. The van der Waals surface area contributed by atoms with Gasteiger partial charge in [0.25, 0.3) is 0 Å². The van der Waals surface area contributed by atoms with Crippen molar-refractivity contribution in [3.8, 4) is 0 Å². The highest BCUT2D eigenvalue weighted by Crippen LogP contribution is 2.35. The van der Waals surface area contributed by atoms with E-state index in [1.54, 1.807) is 6.07 Å². The molecule has 0 aliphatic carbocycles. The van der Waals surface area contributed by atoms with E-state index < -0.39 is 11.7 Å². The van der Waals surface area contributed by atoms with E-state index in [0.717, 1.165) is 6.54 Å². The topological polar surface area (TPSA) is 29.3 Å². The summed E-state index contributed by atoms with van der Waals surface area (Å²) in [7, 11) is 0. The normalized spacial score (nSPS) is 12.3. The van der Waals surface area contributed by atoms with Gasteiger partial charge in [-0.3, -0.25) is 0 Å². The molecule has 0 aromatic heterocycles. The van der Waals surface area contributed by atoms with Crippen LogP contribution in [0.5, 0.6) is 0 Å². The van der Waals surface area contributed by atoms with Gasteiger partial charge in [0, 0.05) is 24.8 Å². The zero-order chi connectivity index (χ0) is 15.5. The first-order valence-electron chi connectivity index (χ1n) is 6.83. The van der Waals surface area contributed by atoms with Gasteiger partial charge in [-0.1, -0.05) is 19.9 Å². The summed E-state index contributed by atoms with van der Waals surface area (Å²) in [6.07, 6.45) is -4.37. The molecule has 114 valence electrons. The Morgan fingerprint density at radius 2 is 1.75 bits per heavy atom. The molecule has 0 aliphatic rings. The van der Waals surface area contributed by atoms with Gasteiger partial charge in [-0.25, -0.2) is 0 Å². The summed E-state index contributed by atoms with van der Waals surface area (Å²) in [6, 6.07) is 4.56. The summed E-state index contributed by atoms with van der Waals surface area (Å²) in [5.41, 5.74) is 5.50. The number of anilines is 1. The Labute approximate surface area is 118 Å². The molecule has 5 heteroatoms. The van der Waals surface area contributed by atoms with Crippen LogP contribution in [0.1, 0.15) is 38.8 Å².